The zero-order valence-corrected chi connectivity index (χ0v) is 27.5. The van der Waals surface area contributed by atoms with Crippen LogP contribution in [0.15, 0.2) is 34.4 Å². The Kier molecular flexibility index (Phi) is 14.5. The van der Waals surface area contributed by atoms with Crippen LogP contribution in [0.5, 0.6) is 11.5 Å². The molecular weight excluding hydrogens is 584 g/mol. The van der Waals surface area contributed by atoms with E-state index in [-0.39, 0.29) is 47.2 Å². The molecule has 13 heteroatoms. The minimum atomic E-state index is -1.23. The average molecular weight is 635 g/mol. The first-order chi connectivity index (χ1) is 21.1. The number of aliphatic hydroxyl groups is 2. The largest absolute Gasteiger partial charge is 0.506 e. The molecule has 0 spiro atoms. The number of nitrogens with one attached hydrogen (secondary N) is 1. The van der Waals surface area contributed by atoms with Crippen molar-refractivity contribution in [2.75, 3.05) is 40.2 Å². The van der Waals surface area contributed by atoms with E-state index in [1.807, 2.05) is 25.9 Å². The third kappa shape index (κ3) is 10.5. The Morgan fingerprint density at radius 3 is 2.42 bits per heavy atom. The summed E-state index contributed by atoms with van der Waals surface area (Å²) < 4.78 is 16.6. The van der Waals surface area contributed by atoms with Crippen molar-refractivity contribution < 1.29 is 44.2 Å². The van der Waals surface area contributed by atoms with E-state index in [9.17, 15) is 30.0 Å². The van der Waals surface area contributed by atoms with Crippen molar-refractivity contribution in [1.82, 2.24) is 4.90 Å². The molecule has 1 heterocycles. The number of rotatable bonds is 6. The number of ether oxygens (including phenoxy) is 3. The first kappa shape index (κ1) is 37.7. The second-order valence-corrected chi connectivity index (χ2v) is 12.0. The molecule has 13 nitrogen and oxygen atoms in total. The first-order valence-electron chi connectivity index (χ1n) is 14.9. The Balaban J connectivity index is 2.68. The molecule has 0 aromatic heterocycles. The van der Waals surface area contributed by atoms with Crippen molar-refractivity contribution in [1.29, 1.82) is 0 Å². The highest BCUT2D eigenvalue weighted by molar-refractivity contribution is 6.04. The summed E-state index contributed by atoms with van der Waals surface area (Å²) in [6.07, 6.45) is -0.762. The van der Waals surface area contributed by atoms with E-state index in [2.05, 4.69) is 10.3 Å². The second-order valence-electron chi connectivity index (χ2n) is 12.0. The Morgan fingerprint density at radius 1 is 1.18 bits per heavy atom. The van der Waals surface area contributed by atoms with Crippen LogP contribution in [0.4, 0.5) is 16.2 Å². The number of nitrogens with two attached hydrogens (primary N) is 1. The van der Waals surface area contributed by atoms with E-state index < -0.39 is 48.4 Å². The molecule has 2 bridgehead atoms. The zero-order chi connectivity index (χ0) is 34.0. The van der Waals surface area contributed by atoms with Crippen molar-refractivity contribution in [2.45, 2.75) is 77.5 Å². The molecule has 45 heavy (non-hydrogen) atoms. The molecule has 7 N–H and O–H groups in total. The number of anilines is 1. The lowest BCUT2D eigenvalue weighted by Crippen LogP contribution is -2.43. The van der Waals surface area contributed by atoms with Gasteiger partial charge in [-0.1, -0.05) is 26.0 Å². The maximum absolute atomic E-state index is 13.1. The maximum Gasteiger partial charge on any atom is 0.405 e. The molecule has 1 aliphatic heterocycles. The van der Waals surface area contributed by atoms with Crippen molar-refractivity contribution >= 4 is 29.6 Å². The summed E-state index contributed by atoms with van der Waals surface area (Å²) >= 11 is 0. The number of primary amides is 1. The lowest BCUT2D eigenvalue weighted by molar-refractivity contribution is -0.112. The van der Waals surface area contributed by atoms with E-state index in [4.69, 9.17) is 19.9 Å². The van der Waals surface area contributed by atoms with E-state index in [0.717, 1.165) is 0 Å². The number of benzene rings is 1. The van der Waals surface area contributed by atoms with Gasteiger partial charge in [-0.15, -0.1) is 0 Å². The quantitative estimate of drug-likeness (QED) is 0.117. The molecule has 1 aromatic carbocycles. The van der Waals surface area contributed by atoms with Gasteiger partial charge in [-0.3, -0.25) is 9.79 Å². The van der Waals surface area contributed by atoms with Gasteiger partial charge >= 0.3 is 6.09 Å². The number of phenolic OH excluding ortho intramolecular Hbond substituents is 2. The Bertz CT molecular complexity index is 1260. The topological polar surface area (TPSA) is 196 Å². The number of aromatic hydroxyl groups is 2. The number of amides is 2. The number of fused-ring (bicyclic) bond motifs is 2. The zero-order valence-electron chi connectivity index (χ0n) is 27.5. The van der Waals surface area contributed by atoms with Gasteiger partial charge in [0.15, 0.2) is 6.10 Å². The van der Waals surface area contributed by atoms with Crippen molar-refractivity contribution in [3.8, 4) is 11.5 Å². The monoisotopic (exact) mass is 634 g/mol. The lowest BCUT2D eigenvalue weighted by Gasteiger charge is -2.31. The fraction of sp³-hybridized carbons (Fsp3) is 0.594. The summed E-state index contributed by atoms with van der Waals surface area (Å²) in [5.41, 5.74) is 6.53. The van der Waals surface area contributed by atoms with Crippen molar-refractivity contribution in [2.24, 2.45) is 22.6 Å². The molecule has 1 aliphatic rings. The van der Waals surface area contributed by atoms with Crippen LogP contribution in [0.1, 0.15) is 46.1 Å². The molecule has 1 aromatic rings. The number of hydrogen-bond donors (Lipinski definition) is 6. The Labute approximate surface area is 265 Å². The fourth-order valence-electron chi connectivity index (χ4n) is 5.35. The normalized spacial score (nSPS) is 27.6. The molecule has 0 saturated carbocycles. The van der Waals surface area contributed by atoms with Crippen molar-refractivity contribution in [3.63, 3.8) is 0 Å². The van der Waals surface area contributed by atoms with Crippen molar-refractivity contribution in [3.05, 3.63) is 34.9 Å². The minimum absolute atomic E-state index is 0.0149. The molecule has 2 amide bonds. The number of methoxy groups -OCH3 is 2. The fourth-order valence-corrected chi connectivity index (χ4v) is 5.35. The first-order valence-corrected chi connectivity index (χ1v) is 14.9. The molecule has 1 unspecified atom stereocenters. The van der Waals surface area contributed by atoms with Crippen LogP contribution in [-0.2, 0) is 25.4 Å². The molecule has 0 fully saturated rings. The summed E-state index contributed by atoms with van der Waals surface area (Å²) in [4.78, 5) is 31.3. The SMILES string of the molecule is CO[C@H]1C[C@H](C)Cc2c(O)c(cc(O)c2N=CCN(C)C)NC(=O)C(C)=CCC(O)[C@H](OC)[C@@H](OC(N)=O)C(C)=C[C@H](C)[C@H]1O. The van der Waals surface area contributed by atoms with E-state index in [0.29, 0.717) is 24.1 Å². The number of aliphatic hydroxyl groups excluding tert-OH is 2. The van der Waals surface area contributed by atoms with Gasteiger partial charge in [-0.25, -0.2) is 4.79 Å². The highest BCUT2D eigenvalue weighted by Gasteiger charge is 2.34. The summed E-state index contributed by atoms with van der Waals surface area (Å²) in [6.45, 7) is 7.39. The predicted octanol–water partition coefficient (Wildman–Crippen LogP) is 3.02. The maximum atomic E-state index is 13.1. The summed E-state index contributed by atoms with van der Waals surface area (Å²) in [5, 5.41) is 47.3. The van der Waals surface area contributed by atoms with Gasteiger partial charge < -0.3 is 50.6 Å². The number of carbonyl (C=O) groups excluding carboxylic acids is 2. The predicted molar refractivity (Wildman–Crippen MR) is 172 cm³/mol. The molecule has 0 aliphatic carbocycles. The number of aliphatic imine (C=N–C) groups is 1. The molecule has 7 atom stereocenters. The van der Waals surface area contributed by atoms with Crippen LogP contribution in [-0.4, -0.2) is 109 Å². The van der Waals surface area contributed by atoms with Gasteiger partial charge in [0.25, 0.3) is 5.91 Å². The summed E-state index contributed by atoms with van der Waals surface area (Å²) in [7, 11) is 6.57. The molecule has 0 saturated heterocycles. The van der Waals surface area contributed by atoms with E-state index in [1.165, 1.54) is 33.3 Å². The van der Waals surface area contributed by atoms with Crippen LogP contribution in [0, 0.1) is 11.8 Å². The number of nitrogens with zero attached hydrogens (tertiary/aromatic N) is 2. The van der Waals surface area contributed by atoms with Gasteiger partial charge in [0.2, 0.25) is 0 Å². The minimum Gasteiger partial charge on any atom is -0.506 e. The van der Waals surface area contributed by atoms with E-state index in [1.54, 1.807) is 26.1 Å². The van der Waals surface area contributed by atoms with Gasteiger partial charge in [0.1, 0.15) is 23.3 Å². The summed E-state index contributed by atoms with van der Waals surface area (Å²) in [5.74, 6) is -1.74. The Morgan fingerprint density at radius 2 is 1.84 bits per heavy atom. The van der Waals surface area contributed by atoms with Gasteiger partial charge in [-0.2, -0.15) is 0 Å². The van der Waals surface area contributed by atoms with Crippen LogP contribution in [0.3, 0.4) is 0 Å². The third-order valence-electron chi connectivity index (χ3n) is 7.87. The van der Waals surface area contributed by atoms with Crippen LogP contribution >= 0.6 is 0 Å². The number of phenols is 2. The molecular formula is C32H50N4O9. The standard InChI is InChI=1S/C32H50N4O9/c1-17-13-21-26(34-11-12-36(5)6)24(38)16-22(28(21)40)35-31(41)18(2)9-10-23(37)30(44-8)29(45-32(33)42)20(4)15-19(3)27(39)25(14-17)43-7/h9,11,15-17,19,23,25,27,29-30,37-40H,10,12-14H2,1-8H3,(H2,33,42)(H,35,41)/t17-,19+,23?,25+,27-,29+,30+/m1/s1. The van der Waals surface area contributed by atoms with Gasteiger partial charge in [0, 0.05) is 50.1 Å². The molecule has 2 rings (SSSR count). The van der Waals surface area contributed by atoms with Crippen LogP contribution in [0.2, 0.25) is 0 Å². The smallest absolute Gasteiger partial charge is 0.405 e. The summed E-state index contributed by atoms with van der Waals surface area (Å²) in [6, 6.07) is 1.24. The third-order valence-corrected chi connectivity index (χ3v) is 7.87. The number of carbonyl (C=O) groups is 2. The average Bonchev–Trinajstić information content (AvgIpc) is 2.96. The number of hydrogen-bond acceptors (Lipinski definition) is 11. The van der Waals surface area contributed by atoms with E-state index >= 15 is 0 Å². The van der Waals surface area contributed by atoms with Gasteiger partial charge in [-0.05, 0) is 58.7 Å². The van der Waals surface area contributed by atoms with Crippen LogP contribution < -0.4 is 11.1 Å². The highest BCUT2D eigenvalue weighted by atomic mass is 16.6. The lowest BCUT2D eigenvalue weighted by atomic mass is 9.87. The highest BCUT2D eigenvalue weighted by Crippen LogP contribution is 2.44. The van der Waals surface area contributed by atoms with Crippen LogP contribution in [0.25, 0.3) is 0 Å². The second kappa shape index (κ2) is 17.3. The van der Waals surface area contributed by atoms with Gasteiger partial charge in [0.05, 0.1) is 24.0 Å². The molecule has 252 valence electrons. The Hall–Kier alpha value is -3.49. The molecule has 0 radical (unpaired) electrons.